The van der Waals surface area contributed by atoms with Crippen LogP contribution in [0, 0.1) is 17.3 Å². The van der Waals surface area contributed by atoms with Gasteiger partial charge in [0, 0.05) is 12.2 Å². The van der Waals surface area contributed by atoms with Crippen molar-refractivity contribution in [3.8, 4) is 0 Å². The predicted molar refractivity (Wildman–Crippen MR) is 82.5 cm³/mol. The zero-order valence-electron chi connectivity index (χ0n) is 13.7. The van der Waals surface area contributed by atoms with Crippen LogP contribution in [0.2, 0.25) is 0 Å². The zero-order valence-corrected chi connectivity index (χ0v) is 13.7. The number of benzene rings is 1. The van der Waals surface area contributed by atoms with Crippen molar-refractivity contribution < 1.29 is 27.9 Å². The molecule has 1 heterocycles. The molecule has 7 heteroatoms. The quantitative estimate of drug-likeness (QED) is 0.908. The summed E-state index contributed by atoms with van der Waals surface area (Å²) in [7, 11) is 0. The Balaban J connectivity index is 2.31. The molecule has 132 valence electrons. The van der Waals surface area contributed by atoms with E-state index in [4.69, 9.17) is 0 Å². The van der Waals surface area contributed by atoms with Crippen LogP contribution in [0.3, 0.4) is 0 Å². The molecule has 1 aliphatic rings. The topological polar surface area (TPSA) is 57.6 Å². The fourth-order valence-electron chi connectivity index (χ4n) is 3.26. The lowest BCUT2D eigenvalue weighted by Gasteiger charge is -2.31. The van der Waals surface area contributed by atoms with Gasteiger partial charge in [-0.1, -0.05) is 26.8 Å². The number of nitrogens with zero attached hydrogens (tertiary/aromatic N) is 1. The van der Waals surface area contributed by atoms with Gasteiger partial charge in [-0.15, -0.1) is 0 Å². The SMILES string of the molecule is CC(C)(C)C(C(=O)O)C1CCN(c2cccc(C(F)(F)F)c2)C1=O. The lowest BCUT2D eigenvalue weighted by molar-refractivity contribution is -0.150. The molecule has 0 bridgehead atoms. The van der Waals surface area contributed by atoms with E-state index in [1.807, 2.05) is 0 Å². The van der Waals surface area contributed by atoms with Crippen LogP contribution in [0.25, 0.3) is 0 Å². The Morgan fingerprint density at radius 2 is 1.92 bits per heavy atom. The summed E-state index contributed by atoms with van der Waals surface area (Å²) in [5, 5.41) is 9.48. The first-order valence-corrected chi connectivity index (χ1v) is 7.64. The third-order valence-electron chi connectivity index (χ3n) is 4.33. The molecule has 1 aromatic carbocycles. The van der Waals surface area contributed by atoms with Gasteiger partial charge in [0.1, 0.15) is 0 Å². The van der Waals surface area contributed by atoms with Crippen LogP contribution >= 0.6 is 0 Å². The average Bonchev–Trinajstić information content (AvgIpc) is 2.78. The molecular weight excluding hydrogens is 323 g/mol. The molecule has 1 saturated heterocycles. The Bertz CT molecular complexity index is 649. The maximum Gasteiger partial charge on any atom is 0.416 e. The van der Waals surface area contributed by atoms with Crippen LogP contribution in [-0.2, 0) is 15.8 Å². The minimum Gasteiger partial charge on any atom is -0.481 e. The van der Waals surface area contributed by atoms with E-state index in [1.54, 1.807) is 20.8 Å². The fraction of sp³-hybridized carbons (Fsp3) is 0.529. The van der Waals surface area contributed by atoms with Gasteiger partial charge < -0.3 is 10.0 Å². The van der Waals surface area contributed by atoms with Gasteiger partial charge in [-0.25, -0.2) is 0 Å². The zero-order chi connectivity index (χ0) is 18.3. The molecule has 2 unspecified atom stereocenters. The summed E-state index contributed by atoms with van der Waals surface area (Å²) in [6.45, 7) is 5.44. The van der Waals surface area contributed by atoms with E-state index in [-0.39, 0.29) is 12.2 Å². The number of hydrogen-bond acceptors (Lipinski definition) is 2. The number of hydrogen-bond donors (Lipinski definition) is 1. The van der Waals surface area contributed by atoms with Gasteiger partial charge in [-0.05, 0) is 30.0 Å². The lowest BCUT2D eigenvalue weighted by Crippen LogP contribution is -2.39. The predicted octanol–water partition coefficient (Wildman–Crippen LogP) is 3.81. The number of amides is 1. The van der Waals surface area contributed by atoms with Crippen molar-refractivity contribution in [3.05, 3.63) is 29.8 Å². The Morgan fingerprint density at radius 1 is 1.29 bits per heavy atom. The molecule has 0 spiro atoms. The number of aliphatic carboxylic acids is 1. The van der Waals surface area contributed by atoms with Gasteiger partial charge >= 0.3 is 12.1 Å². The second kappa shape index (κ2) is 6.11. The summed E-state index contributed by atoms with van der Waals surface area (Å²) in [6, 6.07) is 4.55. The number of halogens is 3. The van der Waals surface area contributed by atoms with Crippen molar-refractivity contribution in [1.82, 2.24) is 0 Å². The van der Waals surface area contributed by atoms with Crippen LogP contribution < -0.4 is 4.90 Å². The highest BCUT2D eigenvalue weighted by Crippen LogP contribution is 2.40. The summed E-state index contributed by atoms with van der Waals surface area (Å²) in [6.07, 6.45) is -4.18. The van der Waals surface area contributed by atoms with Crippen molar-refractivity contribution >= 4 is 17.6 Å². The monoisotopic (exact) mass is 343 g/mol. The van der Waals surface area contributed by atoms with Gasteiger partial charge in [0.05, 0.1) is 17.4 Å². The normalized spacial score (nSPS) is 20.3. The van der Waals surface area contributed by atoms with Gasteiger partial charge in [0.25, 0.3) is 0 Å². The molecule has 2 atom stereocenters. The molecule has 0 saturated carbocycles. The van der Waals surface area contributed by atoms with E-state index in [0.717, 1.165) is 12.1 Å². The fourth-order valence-corrected chi connectivity index (χ4v) is 3.26. The van der Waals surface area contributed by atoms with E-state index in [0.29, 0.717) is 6.42 Å². The highest BCUT2D eigenvalue weighted by molar-refractivity contribution is 5.99. The molecule has 1 aliphatic heterocycles. The van der Waals surface area contributed by atoms with Gasteiger partial charge in [-0.3, -0.25) is 9.59 Å². The summed E-state index contributed by atoms with van der Waals surface area (Å²) in [5.74, 6) is -3.12. The molecule has 24 heavy (non-hydrogen) atoms. The third-order valence-corrected chi connectivity index (χ3v) is 4.33. The molecule has 1 N–H and O–H groups in total. The third kappa shape index (κ3) is 3.55. The van der Waals surface area contributed by atoms with Crippen LogP contribution in [0.15, 0.2) is 24.3 Å². The number of anilines is 1. The van der Waals surface area contributed by atoms with Crippen LogP contribution in [0.1, 0.15) is 32.8 Å². The molecule has 1 amide bonds. The number of carbonyl (C=O) groups is 2. The second-order valence-corrected chi connectivity index (χ2v) is 7.12. The average molecular weight is 343 g/mol. The minimum absolute atomic E-state index is 0.148. The van der Waals surface area contributed by atoms with Gasteiger partial charge in [-0.2, -0.15) is 13.2 Å². The van der Waals surface area contributed by atoms with Crippen molar-refractivity contribution in [2.24, 2.45) is 17.3 Å². The second-order valence-electron chi connectivity index (χ2n) is 7.12. The van der Waals surface area contributed by atoms with Crippen molar-refractivity contribution in [2.45, 2.75) is 33.4 Å². The van der Waals surface area contributed by atoms with E-state index in [1.165, 1.54) is 17.0 Å². The maximum absolute atomic E-state index is 12.8. The molecule has 0 radical (unpaired) electrons. The highest BCUT2D eigenvalue weighted by atomic mass is 19.4. The van der Waals surface area contributed by atoms with Crippen LogP contribution in [0.4, 0.5) is 18.9 Å². The largest absolute Gasteiger partial charge is 0.481 e. The molecule has 0 aliphatic carbocycles. The molecule has 1 fully saturated rings. The van der Waals surface area contributed by atoms with Crippen molar-refractivity contribution in [3.63, 3.8) is 0 Å². The standard InChI is InChI=1S/C17H20F3NO3/c1-16(2,3)13(15(23)24)12-7-8-21(14(12)22)11-6-4-5-10(9-11)17(18,19)20/h4-6,9,12-13H,7-8H2,1-3H3,(H,23,24). The van der Waals surface area contributed by atoms with Gasteiger partial charge in [0.2, 0.25) is 5.91 Å². The van der Waals surface area contributed by atoms with Gasteiger partial charge in [0.15, 0.2) is 0 Å². The number of carbonyl (C=O) groups excluding carboxylic acids is 1. The van der Waals surface area contributed by atoms with Crippen molar-refractivity contribution in [2.75, 3.05) is 11.4 Å². The molecule has 4 nitrogen and oxygen atoms in total. The highest BCUT2D eigenvalue weighted by Gasteiger charge is 2.46. The Morgan fingerprint density at radius 3 is 2.42 bits per heavy atom. The summed E-state index contributed by atoms with van der Waals surface area (Å²) in [4.78, 5) is 25.5. The Hall–Kier alpha value is -2.05. The first-order chi connectivity index (χ1) is 10.9. The lowest BCUT2D eigenvalue weighted by atomic mass is 9.72. The molecule has 0 aromatic heterocycles. The number of rotatable bonds is 3. The van der Waals surface area contributed by atoms with Crippen LogP contribution in [-0.4, -0.2) is 23.5 Å². The molecular formula is C17H20F3NO3. The maximum atomic E-state index is 12.8. The van der Waals surface area contributed by atoms with Crippen molar-refractivity contribution in [1.29, 1.82) is 0 Å². The van der Waals surface area contributed by atoms with E-state index in [9.17, 15) is 27.9 Å². The Labute approximate surface area is 138 Å². The first-order valence-electron chi connectivity index (χ1n) is 7.64. The number of carboxylic acids is 1. The first kappa shape index (κ1) is 18.3. The van der Waals surface area contributed by atoms with E-state index in [2.05, 4.69) is 0 Å². The summed E-state index contributed by atoms with van der Waals surface area (Å²) < 4.78 is 38.5. The summed E-state index contributed by atoms with van der Waals surface area (Å²) >= 11 is 0. The number of alkyl halides is 3. The summed E-state index contributed by atoms with van der Waals surface area (Å²) in [5.41, 5.74) is -1.31. The number of carboxylic acid groups (broad SMARTS) is 1. The Kier molecular flexibility index (Phi) is 4.65. The minimum atomic E-state index is -4.49. The van der Waals surface area contributed by atoms with Crippen LogP contribution in [0.5, 0.6) is 0 Å². The molecule has 2 rings (SSSR count). The molecule has 1 aromatic rings. The smallest absolute Gasteiger partial charge is 0.416 e. The van der Waals surface area contributed by atoms with E-state index >= 15 is 0 Å². The van der Waals surface area contributed by atoms with E-state index < -0.39 is 40.9 Å².